The predicted octanol–water partition coefficient (Wildman–Crippen LogP) is 3.01. The van der Waals surface area contributed by atoms with Crippen LogP contribution < -0.4 is 5.32 Å². The van der Waals surface area contributed by atoms with Gasteiger partial charge in [-0.2, -0.15) is 0 Å². The van der Waals surface area contributed by atoms with Gasteiger partial charge in [0.05, 0.1) is 35.6 Å². The number of hydrogen-bond donors (Lipinski definition) is 4. The van der Waals surface area contributed by atoms with Crippen LogP contribution in [-0.2, 0) is 47.5 Å². The SMILES string of the molecule is CC(=O)O[C@@]12CO[C@@H]1C[C@H](O)[C@@]1(C)C(=O)[C@H](O)C3=C(C)[C@@H](OC(=O)[C@H](O)[C@H](C=C(C)C)NC(=O)OC(C)(C)C)[C@@H]4OC(=O)O[C@]4([C@@H](OC(=O)c4ccccc4)C12)C3(C)C. The molecule has 2 aliphatic heterocycles. The Morgan fingerprint density at radius 1 is 1.00 bits per heavy atom. The van der Waals surface area contributed by atoms with Crippen molar-refractivity contribution in [2.75, 3.05) is 6.61 Å². The van der Waals surface area contributed by atoms with Crippen LogP contribution in [0, 0.1) is 16.7 Å². The van der Waals surface area contributed by atoms with Gasteiger partial charge in [0.15, 0.2) is 35.8 Å². The first-order chi connectivity index (χ1) is 27.3. The van der Waals surface area contributed by atoms with Crippen molar-refractivity contribution in [2.45, 2.75) is 141 Å². The minimum absolute atomic E-state index is 0.0224. The first-order valence-corrected chi connectivity index (χ1v) is 19.4. The number of allylic oxidation sites excluding steroid dienone is 1. The summed E-state index contributed by atoms with van der Waals surface area (Å²) in [5, 5.41) is 38.2. The van der Waals surface area contributed by atoms with E-state index in [1.807, 2.05) is 0 Å². The summed E-state index contributed by atoms with van der Waals surface area (Å²) in [5.74, 6) is -5.66. The molecular formula is C42H53NO16. The molecule has 12 atom stereocenters. The number of alkyl carbamates (subject to hydrolysis) is 1. The quantitative estimate of drug-likeness (QED) is 0.167. The van der Waals surface area contributed by atoms with Gasteiger partial charge in [0.25, 0.3) is 0 Å². The number of esters is 3. The molecule has 17 nitrogen and oxygen atoms in total. The third-order valence-electron chi connectivity index (χ3n) is 12.4. The largest absolute Gasteiger partial charge is 0.509 e. The van der Waals surface area contributed by atoms with E-state index in [0.717, 1.165) is 6.92 Å². The molecule has 0 radical (unpaired) electrons. The number of benzene rings is 1. The molecule has 3 aliphatic carbocycles. The molecule has 1 amide bonds. The van der Waals surface area contributed by atoms with Gasteiger partial charge in [-0.25, -0.2) is 19.2 Å². The van der Waals surface area contributed by atoms with E-state index in [1.54, 1.807) is 52.8 Å². The van der Waals surface area contributed by atoms with Crippen molar-refractivity contribution in [3.63, 3.8) is 0 Å². The zero-order valence-corrected chi connectivity index (χ0v) is 34.7. The number of nitrogens with one attached hydrogen (secondary N) is 1. The number of fused-ring (bicyclic) bond motifs is 4. The van der Waals surface area contributed by atoms with Gasteiger partial charge >= 0.3 is 30.2 Å². The molecule has 5 aliphatic rings. The summed E-state index contributed by atoms with van der Waals surface area (Å²) in [6.07, 6.45) is -13.3. The fourth-order valence-electron chi connectivity index (χ4n) is 9.89. The van der Waals surface area contributed by atoms with E-state index in [1.165, 1.54) is 45.9 Å². The van der Waals surface area contributed by atoms with Crippen LogP contribution in [0.5, 0.6) is 0 Å². The van der Waals surface area contributed by atoms with Crippen LogP contribution in [0.2, 0.25) is 0 Å². The Balaban J connectivity index is 1.57. The fourth-order valence-corrected chi connectivity index (χ4v) is 9.89. The summed E-state index contributed by atoms with van der Waals surface area (Å²) in [6.45, 7) is 14.8. The highest BCUT2D eigenvalue weighted by atomic mass is 16.8. The Morgan fingerprint density at radius 2 is 1.64 bits per heavy atom. The van der Waals surface area contributed by atoms with E-state index in [-0.39, 0.29) is 29.7 Å². The van der Waals surface area contributed by atoms with Crippen molar-refractivity contribution >= 4 is 35.9 Å². The number of ketones is 1. The van der Waals surface area contributed by atoms with Crippen LogP contribution in [0.15, 0.2) is 53.1 Å². The van der Waals surface area contributed by atoms with Gasteiger partial charge < -0.3 is 53.8 Å². The Morgan fingerprint density at radius 3 is 2.20 bits per heavy atom. The van der Waals surface area contributed by atoms with Crippen LogP contribution in [0.1, 0.15) is 86.0 Å². The van der Waals surface area contributed by atoms with Gasteiger partial charge in [0.1, 0.15) is 17.8 Å². The number of ether oxygens (including phenoxy) is 7. The number of rotatable bonds is 8. The maximum atomic E-state index is 15.1. The Bertz CT molecular complexity index is 1980. The molecule has 4 fully saturated rings. The number of aliphatic hydroxyl groups is 3. The number of amides is 1. The molecule has 2 saturated heterocycles. The molecule has 1 spiro atoms. The van der Waals surface area contributed by atoms with Crippen molar-refractivity contribution in [2.24, 2.45) is 16.7 Å². The van der Waals surface area contributed by atoms with E-state index >= 15 is 4.79 Å². The van der Waals surface area contributed by atoms with Crippen LogP contribution in [0.25, 0.3) is 0 Å². The molecule has 2 bridgehead atoms. The molecule has 6 rings (SSSR count). The lowest BCUT2D eigenvalue weighted by atomic mass is 9.44. The summed E-state index contributed by atoms with van der Waals surface area (Å²) < 4.78 is 41.8. The van der Waals surface area contributed by atoms with Gasteiger partial charge in [-0.05, 0) is 71.7 Å². The number of carbonyl (C=O) groups is 6. The van der Waals surface area contributed by atoms with Crippen molar-refractivity contribution in [1.29, 1.82) is 0 Å². The van der Waals surface area contributed by atoms with Crippen LogP contribution in [-0.4, -0.2) is 123 Å². The summed E-state index contributed by atoms with van der Waals surface area (Å²) in [4.78, 5) is 83.0. The van der Waals surface area contributed by atoms with Gasteiger partial charge in [0.2, 0.25) is 5.60 Å². The van der Waals surface area contributed by atoms with Gasteiger partial charge in [-0.1, -0.05) is 43.7 Å². The normalized spacial score (nSPS) is 35.2. The molecule has 4 N–H and O–H groups in total. The average molecular weight is 828 g/mol. The molecule has 322 valence electrons. The smallest absolute Gasteiger partial charge is 0.454 e. The first-order valence-electron chi connectivity index (χ1n) is 19.4. The Labute approximate surface area is 341 Å². The number of Topliss-reactive ketones (excluding diaryl/α,β-unsaturated/α-hetero) is 1. The van der Waals surface area contributed by atoms with E-state index in [9.17, 15) is 39.3 Å². The third-order valence-corrected chi connectivity index (χ3v) is 12.4. The highest BCUT2D eigenvalue weighted by Gasteiger charge is 2.83. The van der Waals surface area contributed by atoms with Crippen molar-refractivity contribution in [1.82, 2.24) is 5.32 Å². The van der Waals surface area contributed by atoms with Gasteiger partial charge in [-0.15, -0.1) is 0 Å². The van der Waals surface area contributed by atoms with E-state index in [4.69, 9.17) is 33.2 Å². The molecule has 1 aromatic rings. The minimum atomic E-state index is -2.33. The van der Waals surface area contributed by atoms with Gasteiger partial charge in [-0.3, -0.25) is 9.59 Å². The first kappa shape index (κ1) is 43.7. The lowest BCUT2D eigenvalue weighted by molar-refractivity contribution is -0.345. The molecule has 2 saturated carbocycles. The molecular weight excluding hydrogens is 774 g/mol. The molecule has 1 unspecified atom stereocenters. The van der Waals surface area contributed by atoms with Crippen LogP contribution >= 0.6 is 0 Å². The Hall–Kier alpha value is -4.84. The maximum Gasteiger partial charge on any atom is 0.509 e. The standard InChI is InChI=1S/C42H53NO16/c1-19(2)16-23(43-36(51)58-38(5,6)7)27(46)35(50)54-29-20(3)26-28(47)31(48)40(10)24(45)17-25-41(18-53-25,57-21(4)44)30(40)33(55-34(49)22-14-12-11-13-15-22)42(39(26,8)9)32(29)56-37(52)59-42/h11-16,23-25,27-30,32-33,45-47H,17-18H2,1-10H3,(H,43,51)/t23-,24-,25+,27+,28+,29+,30?,32-,33-,40+,41-,42+/m0/s1. The maximum absolute atomic E-state index is 15.1. The summed E-state index contributed by atoms with van der Waals surface area (Å²) in [6, 6.07) is 6.34. The molecule has 59 heavy (non-hydrogen) atoms. The Kier molecular flexibility index (Phi) is 11.1. The van der Waals surface area contributed by atoms with E-state index < -0.39 is 118 Å². The van der Waals surface area contributed by atoms with Crippen molar-refractivity contribution in [3.05, 3.63) is 58.7 Å². The van der Waals surface area contributed by atoms with Crippen molar-refractivity contribution in [3.8, 4) is 0 Å². The molecule has 1 aromatic carbocycles. The lowest BCUT2D eigenvalue weighted by Gasteiger charge is -2.67. The lowest BCUT2D eigenvalue weighted by Crippen LogP contribution is -2.83. The molecule has 17 heteroatoms. The third kappa shape index (κ3) is 6.98. The molecule has 0 aromatic heterocycles. The second-order valence-electron chi connectivity index (χ2n) is 17.9. The van der Waals surface area contributed by atoms with Crippen molar-refractivity contribution < 1.29 is 77.2 Å². The van der Waals surface area contributed by atoms with Crippen LogP contribution in [0.4, 0.5) is 9.59 Å². The second kappa shape index (κ2) is 15.0. The monoisotopic (exact) mass is 827 g/mol. The zero-order chi connectivity index (χ0) is 43.8. The summed E-state index contributed by atoms with van der Waals surface area (Å²) in [5.41, 5.74) is -8.33. The van der Waals surface area contributed by atoms with E-state index in [0.29, 0.717) is 5.57 Å². The number of aliphatic hydroxyl groups excluding tert-OH is 3. The molecule has 2 heterocycles. The topological polar surface area (TPSA) is 240 Å². The average Bonchev–Trinajstić information content (AvgIpc) is 3.49. The summed E-state index contributed by atoms with van der Waals surface area (Å²) in [7, 11) is 0. The van der Waals surface area contributed by atoms with Gasteiger partial charge in [0, 0.05) is 18.8 Å². The van der Waals surface area contributed by atoms with Crippen LogP contribution in [0.3, 0.4) is 0 Å². The fraction of sp³-hybridized carbons (Fsp3) is 0.619. The number of hydrogen-bond acceptors (Lipinski definition) is 16. The highest BCUT2D eigenvalue weighted by molar-refractivity contribution is 5.94. The summed E-state index contributed by atoms with van der Waals surface area (Å²) >= 11 is 0. The minimum Gasteiger partial charge on any atom is -0.454 e. The predicted molar refractivity (Wildman–Crippen MR) is 202 cm³/mol. The zero-order valence-electron chi connectivity index (χ0n) is 34.7. The van der Waals surface area contributed by atoms with E-state index in [2.05, 4.69) is 5.32 Å². The number of carbonyl (C=O) groups excluding carboxylic acids is 6. The second-order valence-corrected chi connectivity index (χ2v) is 17.9. The highest BCUT2D eigenvalue weighted by Crippen LogP contribution is 2.66.